The van der Waals surface area contributed by atoms with Crippen molar-refractivity contribution in [1.82, 2.24) is 15.0 Å². The summed E-state index contributed by atoms with van der Waals surface area (Å²) in [6, 6.07) is 1.91. The molecule has 0 fully saturated rings. The maximum absolute atomic E-state index is 4.32. The second-order valence-electron chi connectivity index (χ2n) is 2.57. The van der Waals surface area contributed by atoms with Crippen LogP contribution in [0.4, 0.5) is 0 Å². The van der Waals surface area contributed by atoms with Crippen LogP contribution in [0.25, 0.3) is 10.9 Å². The maximum Gasteiger partial charge on any atom is 0.128 e. The van der Waals surface area contributed by atoms with Crippen LogP contribution in [0.3, 0.4) is 0 Å². The monoisotopic (exact) mass is 159 g/mol. The van der Waals surface area contributed by atoms with Gasteiger partial charge < -0.3 is 0 Å². The van der Waals surface area contributed by atoms with Gasteiger partial charge in [-0.1, -0.05) is 6.92 Å². The normalized spacial score (nSPS) is 10.4. The summed E-state index contributed by atoms with van der Waals surface area (Å²) >= 11 is 0. The van der Waals surface area contributed by atoms with Crippen molar-refractivity contribution in [1.29, 1.82) is 0 Å². The lowest BCUT2D eigenvalue weighted by atomic mass is 10.3. The average molecular weight is 159 g/mol. The minimum Gasteiger partial charge on any atom is -0.262 e. The van der Waals surface area contributed by atoms with E-state index in [4.69, 9.17) is 0 Å². The molecular formula is C9H9N3. The Morgan fingerprint density at radius 2 is 2.25 bits per heavy atom. The fourth-order valence-electron chi connectivity index (χ4n) is 1.08. The van der Waals surface area contributed by atoms with Gasteiger partial charge in [-0.05, 0) is 6.07 Å². The van der Waals surface area contributed by atoms with Gasteiger partial charge in [-0.25, -0.2) is 9.97 Å². The van der Waals surface area contributed by atoms with Gasteiger partial charge in [-0.3, -0.25) is 4.98 Å². The summed E-state index contributed by atoms with van der Waals surface area (Å²) in [5.41, 5.74) is 0.921. The Balaban J connectivity index is 2.67. The first-order valence-corrected chi connectivity index (χ1v) is 3.96. The summed E-state index contributed by atoms with van der Waals surface area (Å²) in [6.45, 7) is 2.04. The number of aromatic nitrogens is 3. The Morgan fingerprint density at radius 3 is 3.08 bits per heavy atom. The van der Waals surface area contributed by atoms with Gasteiger partial charge in [-0.15, -0.1) is 0 Å². The Hall–Kier alpha value is -1.51. The molecule has 2 aromatic heterocycles. The molecule has 3 heteroatoms. The molecule has 3 nitrogen and oxygen atoms in total. The SMILES string of the molecule is CCc1ncc2ccncc2n1. The van der Waals surface area contributed by atoms with Crippen LogP contribution in [-0.2, 0) is 6.42 Å². The van der Waals surface area contributed by atoms with Crippen molar-refractivity contribution in [2.24, 2.45) is 0 Å². The third-order valence-electron chi connectivity index (χ3n) is 1.75. The predicted octanol–water partition coefficient (Wildman–Crippen LogP) is 1.59. The Bertz CT molecular complexity index is 398. The molecule has 0 aliphatic heterocycles. The van der Waals surface area contributed by atoms with E-state index in [1.165, 1.54) is 0 Å². The molecule has 0 aliphatic carbocycles. The van der Waals surface area contributed by atoms with E-state index < -0.39 is 0 Å². The quantitative estimate of drug-likeness (QED) is 0.634. The minimum atomic E-state index is 0.866. The summed E-state index contributed by atoms with van der Waals surface area (Å²) in [5, 5.41) is 1.04. The standard InChI is InChI=1S/C9H9N3/c1-2-9-11-5-7-3-4-10-6-8(7)12-9/h3-6H,2H2,1H3. The summed E-state index contributed by atoms with van der Waals surface area (Å²) < 4.78 is 0. The smallest absolute Gasteiger partial charge is 0.128 e. The van der Waals surface area contributed by atoms with E-state index in [1.54, 1.807) is 12.4 Å². The van der Waals surface area contributed by atoms with Crippen molar-refractivity contribution in [3.8, 4) is 0 Å². The number of nitrogens with zero attached hydrogens (tertiary/aromatic N) is 3. The van der Waals surface area contributed by atoms with Crippen molar-refractivity contribution in [3.05, 3.63) is 30.5 Å². The number of pyridine rings is 1. The minimum absolute atomic E-state index is 0.866. The summed E-state index contributed by atoms with van der Waals surface area (Å²) in [5.74, 6) is 0.871. The molecule has 0 saturated heterocycles. The zero-order valence-corrected chi connectivity index (χ0v) is 6.86. The van der Waals surface area contributed by atoms with Crippen LogP contribution in [-0.4, -0.2) is 15.0 Å². The zero-order valence-electron chi connectivity index (χ0n) is 6.86. The number of aryl methyl sites for hydroxylation is 1. The maximum atomic E-state index is 4.32. The Labute approximate surface area is 70.5 Å². The molecule has 0 spiro atoms. The van der Waals surface area contributed by atoms with Gasteiger partial charge in [0.2, 0.25) is 0 Å². The van der Waals surface area contributed by atoms with E-state index in [2.05, 4.69) is 15.0 Å². The van der Waals surface area contributed by atoms with Crippen molar-refractivity contribution >= 4 is 10.9 Å². The van der Waals surface area contributed by atoms with Crippen LogP contribution < -0.4 is 0 Å². The fourth-order valence-corrected chi connectivity index (χ4v) is 1.08. The van der Waals surface area contributed by atoms with Crippen molar-refractivity contribution < 1.29 is 0 Å². The van der Waals surface area contributed by atoms with Gasteiger partial charge in [0, 0.05) is 24.2 Å². The molecule has 0 saturated carbocycles. The molecule has 0 bridgehead atoms. The largest absolute Gasteiger partial charge is 0.262 e. The molecule has 2 rings (SSSR count). The summed E-state index contributed by atoms with van der Waals surface area (Å²) in [7, 11) is 0. The van der Waals surface area contributed by atoms with E-state index in [0.717, 1.165) is 23.1 Å². The van der Waals surface area contributed by atoms with Crippen molar-refractivity contribution in [2.45, 2.75) is 13.3 Å². The van der Waals surface area contributed by atoms with Gasteiger partial charge in [0.25, 0.3) is 0 Å². The van der Waals surface area contributed by atoms with E-state index in [1.807, 2.05) is 19.2 Å². The first-order valence-electron chi connectivity index (χ1n) is 3.96. The van der Waals surface area contributed by atoms with Crippen molar-refractivity contribution in [3.63, 3.8) is 0 Å². The molecule has 0 aromatic carbocycles. The van der Waals surface area contributed by atoms with E-state index in [0.29, 0.717) is 0 Å². The predicted molar refractivity (Wildman–Crippen MR) is 46.7 cm³/mol. The highest BCUT2D eigenvalue weighted by Crippen LogP contribution is 2.07. The highest BCUT2D eigenvalue weighted by molar-refractivity contribution is 5.75. The molecule has 60 valence electrons. The van der Waals surface area contributed by atoms with Crippen LogP contribution in [0, 0.1) is 0 Å². The lowest BCUT2D eigenvalue weighted by Crippen LogP contribution is -1.92. The van der Waals surface area contributed by atoms with E-state index >= 15 is 0 Å². The van der Waals surface area contributed by atoms with Gasteiger partial charge in [0.15, 0.2) is 0 Å². The molecule has 0 amide bonds. The van der Waals surface area contributed by atoms with E-state index in [9.17, 15) is 0 Å². The first kappa shape index (κ1) is 7.16. The number of fused-ring (bicyclic) bond motifs is 1. The van der Waals surface area contributed by atoms with Gasteiger partial charge in [-0.2, -0.15) is 0 Å². The topological polar surface area (TPSA) is 38.7 Å². The van der Waals surface area contributed by atoms with Gasteiger partial charge in [0.05, 0.1) is 11.7 Å². The molecule has 2 heterocycles. The third kappa shape index (κ3) is 1.13. The first-order chi connectivity index (χ1) is 5.90. The van der Waals surface area contributed by atoms with Crippen LogP contribution in [0.1, 0.15) is 12.7 Å². The molecule has 0 atom stereocenters. The molecule has 12 heavy (non-hydrogen) atoms. The fraction of sp³-hybridized carbons (Fsp3) is 0.222. The average Bonchev–Trinajstić information content (AvgIpc) is 2.17. The molecule has 0 aliphatic rings. The summed E-state index contributed by atoms with van der Waals surface area (Å²) in [6.07, 6.45) is 6.21. The second-order valence-corrected chi connectivity index (χ2v) is 2.57. The molecule has 0 radical (unpaired) electrons. The van der Waals surface area contributed by atoms with Gasteiger partial charge in [0.1, 0.15) is 5.82 Å². The highest BCUT2D eigenvalue weighted by Gasteiger charge is 1.95. The number of hydrogen-bond acceptors (Lipinski definition) is 3. The lowest BCUT2D eigenvalue weighted by molar-refractivity contribution is 0.959. The Kier molecular flexibility index (Phi) is 1.70. The number of hydrogen-bond donors (Lipinski definition) is 0. The summed E-state index contributed by atoms with van der Waals surface area (Å²) in [4.78, 5) is 12.5. The van der Waals surface area contributed by atoms with Crippen LogP contribution in [0.5, 0.6) is 0 Å². The molecule has 0 unspecified atom stereocenters. The molecular weight excluding hydrogens is 150 g/mol. The Morgan fingerprint density at radius 1 is 1.33 bits per heavy atom. The zero-order chi connectivity index (χ0) is 8.39. The van der Waals surface area contributed by atoms with Crippen LogP contribution in [0.15, 0.2) is 24.7 Å². The highest BCUT2D eigenvalue weighted by atomic mass is 14.9. The molecule has 2 aromatic rings. The lowest BCUT2D eigenvalue weighted by Gasteiger charge is -1.97. The molecule has 0 N–H and O–H groups in total. The number of rotatable bonds is 1. The van der Waals surface area contributed by atoms with Gasteiger partial charge >= 0.3 is 0 Å². The van der Waals surface area contributed by atoms with E-state index in [-0.39, 0.29) is 0 Å². The van der Waals surface area contributed by atoms with Crippen LogP contribution in [0.2, 0.25) is 0 Å². The van der Waals surface area contributed by atoms with Crippen molar-refractivity contribution in [2.75, 3.05) is 0 Å². The third-order valence-corrected chi connectivity index (χ3v) is 1.75. The second kappa shape index (κ2) is 2.85. The van der Waals surface area contributed by atoms with Crippen LogP contribution >= 0.6 is 0 Å².